The Bertz CT molecular complexity index is 459. The van der Waals surface area contributed by atoms with Gasteiger partial charge < -0.3 is 14.8 Å². The molecule has 1 rings (SSSR count). The highest BCUT2D eigenvalue weighted by atomic mass is 35.5. The lowest BCUT2D eigenvalue weighted by molar-refractivity contribution is -0.158. The predicted molar refractivity (Wildman–Crippen MR) is 72.5 cm³/mol. The standard InChI is InChI=1S/C12H13Cl2NO4/c1-3-19-12(17)10(18-2)11(16)15-9-5-7(13)4-8(14)6-9/h4-6,10H,3H2,1-2H3,(H,15,16). The highest BCUT2D eigenvalue weighted by Gasteiger charge is 2.27. The van der Waals surface area contributed by atoms with Gasteiger partial charge in [-0.25, -0.2) is 4.79 Å². The molecular formula is C12H13Cl2NO4. The van der Waals surface area contributed by atoms with Crippen LogP contribution in [0.15, 0.2) is 18.2 Å². The summed E-state index contributed by atoms with van der Waals surface area (Å²) in [4.78, 5) is 23.3. The third-order valence-corrected chi connectivity index (χ3v) is 2.54. The van der Waals surface area contributed by atoms with Crippen LogP contribution in [0, 0.1) is 0 Å². The minimum Gasteiger partial charge on any atom is -0.464 e. The lowest BCUT2D eigenvalue weighted by Gasteiger charge is -2.14. The van der Waals surface area contributed by atoms with Crippen LogP contribution in [0.4, 0.5) is 5.69 Å². The first-order valence-electron chi connectivity index (χ1n) is 5.44. The lowest BCUT2D eigenvalue weighted by atomic mass is 10.3. The van der Waals surface area contributed by atoms with Crippen molar-refractivity contribution in [2.75, 3.05) is 19.0 Å². The number of anilines is 1. The van der Waals surface area contributed by atoms with Gasteiger partial charge in [0.25, 0.3) is 5.91 Å². The molecule has 0 heterocycles. The summed E-state index contributed by atoms with van der Waals surface area (Å²) in [5, 5.41) is 3.22. The molecule has 19 heavy (non-hydrogen) atoms. The molecule has 1 atom stereocenters. The minimum atomic E-state index is -1.34. The van der Waals surface area contributed by atoms with E-state index in [1.807, 2.05) is 0 Å². The molecule has 0 radical (unpaired) electrons. The number of amides is 1. The van der Waals surface area contributed by atoms with Crippen molar-refractivity contribution in [3.63, 3.8) is 0 Å². The highest BCUT2D eigenvalue weighted by Crippen LogP contribution is 2.22. The molecule has 0 aliphatic carbocycles. The van der Waals surface area contributed by atoms with E-state index >= 15 is 0 Å². The summed E-state index contributed by atoms with van der Waals surface area (Å²) in [6.45, 7) is 1.80. The number of carbonyl (C=O) groups is 2. The van der Waals surface area contributed by atoms with Crippen molar-refractivity contribution in [1.29, 1.82) is 0 Å². The molecule has 0 aliphatic heterocycles. The Morgan fingerprint density at radius 2 is 1.84 bits per heavy atom. The third-order valence-electron chi connectivity index (χ3n) is 2.10. The average molecular weight is 306 g/mol. The van der Waals surface area contributed by atoms with Gasteiger partial charge in [-0.05, 0) is 25.1 Å². The molecule has 0 spiro atoms. The molecule has 0 bridgehead atoms. The van der Waals surface area contributed by atoms with Crippen molar-refractivity contribution in [3.8, 4) is 0 Å². The number of halogens is 2. The molecule has 0 fully saturated rings. The van der Waals surface area contributed by atoms with E-state index in [9.17, 15) is 9.59 Å². The van der Waals surface area contributed by atoms with Gasteiger partial charge >= 0.3 is 5.97 Å². The van der Waals surface area contributed by atoms with Crippen LogP contribution in [-0.4, -0.2) is 31.7 Å². The zero-order valence-electron chi connectivity index (χ0n) is 10.4. The van der Waals surface area contributed by atoms with Crippen LogP contribution in [0.25, 0.3) is 0 Å². The van der Waals surface area contributed by atoms with Gasteiger partial charge in [0.1, 0.15) is 0 Å². The fourth-order valence-corrected chi connectivity index (χ4v) is 1.89. The van der Waals surface area contributed by atoms with Crippen LogP contribution >= 0.6 is 23.2 Å². The van der Waals surface area contributed by atoms with E-state index in [-0.39, 0.29) is 6.61 Å². The Hall–Kier alpha value is -1.30. The second kappa shape index (κ2) is 7.33. The molecule has 1 amide bonds. The molecule has 104 valence electrons. The lowest BCUT2D eigenvalue weighted by Crippen LogP contribution is -2.37. The Kier molecular flexibility index (Phi) is 6.08. The second-order valence-electron chi connectivity index (χ2n) is 3.52. The predicted octanol–water partition coefficient (Wildman–Crippen LogP) is 2.51. The molecule has 1 aromatic carbocycles. The molecule has 0 aromatic heterocycles. The van der Waals surface area contributed by atoms with Crippen molar-refractivity contribution in [1.82, 2.24) is 0 Å². The fourth-order valence-electron chi connectivity index (χ4n) is 1.36. The minimum absolute atomic E-state index is 0.162. The van der Waals surface area contributed by atoms with Gasteiger partial charge in [-0.2, -0.15) is 0 Å². The van der Waals surface area contributed by atoms with E-state index in [4.69, 9.17) is 32.7 Å². The zero-order chi connectivity index (χ0) is 14.4. The zero-order valence-corrected chi connectivity index (χ0v) is 11.9. The summed E-state index contributed by atoms with van der Waals surface area (Å²) in [5.41, 5.74) is 0.369. The molecule has 0 aliphatic rings. The van der Waals surface area contributed by atoms with Gasteiger partial charge in [0, 0.05) is 22.8 Å². The van der Waals surface area contributed by atoms with Gasteiger partial charge in [0.15, 0.2) is 0 Å². The first-order valence-corrected chi connectivity index (χ1v) is 6.20. The molecule has 0 saturated heterocycles. The van der Waals surface area contributed by atoms with Crippen LogP contribution in [0.1, 0.15) is 6.92 Å². The largest absolute Gasteiger partial charge is 0.464 e. The van der Waals surface area contributed by atoms with Crippen molar-refractivity contribution >= 4 is 40.8 Å². The normalized spacial score (nSPS) is 11.8. The van der Waals surface area contributed by atoms with Gasteiger partial charge in [-0.1, -0.05) is 23.2 Å². The number of esters is 1. The third kappa shape index (κ3) is 4.70. The van der Waals surface area contributed by atoms with E-state index in [0.29, 0.717) is 15.7 Å². The smallest absolute Gasteiger partial charge is 0.345 e. The van der Waals surface area contributed by atoms with E-state index in [0.717, 1.165) is 0 Å². The van der Waals surface area contributed by atoms with Crippen molar-refractivity contribution in [2.24, 2.45) is 0 Å². The summed E-state index contributed by atoms with van der Waals surface area (Å²) in [5.74, 6) is -1.41. The molecule has 1 unspecified atom stereocenters. The number of ether oxygens (including phenoxy) is 2. The van der Waals surface area contributed by atoms with Crippen LogP contribution in [0.3, 0.4) is 0 Å². The Labute approximate surface area is 120 Å². The number of benzene rings is 1. The Morgan fingerprint density at radius 3 is 2.32 bits per heavy atom. The average Bonchev–Trinajstić information content (AvgIpc) is 2.28. The summed E-state index contributed by atoms with van der Waals surface area (Å²) >= 11 is 11.6. The maximum absolute atomic E-state index is 11.9. The molecule has 7 heteroatoms. The Morgan fingerprint density at radius 1 is 1.26 bits per heavy atom. The van der Waals surface area contributed by atoms with Gasteiger partial charge in [-0.15, -0.1) is 0 Å². The number of methoxy groups -OCH3 is 1. The van der Waals surface area contributed by atoms with Crippen LogP contribution in [0.2, 0.25) is 10.0 Å². The van der Waals surface area contributed by atoms with Crippen LogP contribution in [0.5, 0.6) is 0 Å². The van der Waals surface area contributed by atoms with Crippen molar-refractivity contribution in [2.45, 2.75) is 13.0 Å². The maximum Gasteiger partial charge on any atom is 0.345 e. The van der Waals surface area contributed by atoms with E-state index in [1.165, 1.54) is 25.3 Å². The van der Waals surface area contributed by atoms with Gasteiger partial charge in [0.2, 0.25) is 6.10 Å². The van der Waals surface area contributed by atoms with Crippen LogP contribution < -0.4 is 5.32 Å². The van der Waals surface area contributed by atoms with E-state index in [1.54, 1.807) is 6.92 Å². The second-order valence-corrected chi connectivity index (χ2v) is 4.39. The fraction of sp³-hybridized carbons (Fsp3) is 0.333. The first kappa shape index (κ1) is 15.8. The topological polar surface area (TPSA) is 64.6 Å². The molecule has 1 aromatic rings. The van der Waals surface area contributed by atoms with E-state index in [2.05, 4.69) is 5.32 Å². The number of rotatable bonds is 5. The maximum atomic E-state index is 11.9. The van der Waals surface area contributed by atoms with Crippen molar-refractivity contribution < 1.29 is 19.1 Å². The highest BCUT2D eigenvalue weighted by molar-refractivity contribution is 6.35. The summed E-state index contributed by atoms with van der Waals surface area (Å²) < 4.78 is 9.53. The van der Waals surface area contributed by atoms with Crippen LogP contribution in [-0.2, 0) is 19.1 Å². The quantitative estimate of drug-likeness (QED) is 0.670. The number of carbonyl (C=O) groups excluding carboxylic acids is 2. The molecule has 5 nitrogen and oxygen atoms in total. The van der Waals surface area contributed by atoms with Gasteiger partial charge in [-0.3, -0.25) is 4.79 Å². The Balaban J connectivity index is 2.79. The number of nitrogens with one attached hydrogen (secondary N) is 1. The molecule has 1 N–H and O–H groups in total. The molecular weight excluding hydrogens is 293 g/mol. The summed E-state index contributed by atoms with van der Waals surface area (Å²) in [7, 11) is 1.24. The monoisotopic (exact) mass is 305 g/mol. The van der Waals surface area contributed by atoms with Gasteiger partial charge in [0.05, 0.1) is 6.61 Å². The summed E-state index contributed by atoms with van der Waals surface area (Å²) in [6.07, 6.45) is -1.34. The number of hydrogen-bond acceptors (Lipinski definition) is 4. The van der Waals surface area contributed by atoms with Crippen molar-refractivity contribution in [3.05, 3.63) is 28.2 Å². The summed E-state index contributed by atoms with van der Waals surface area (Å²) in [6, 6.07) is 4.53. The molecule has 0 saturated carbocycles. The first-order chi connectivity index (χ1) is 8.97. The SMILES string of the molecule is CCOC(=O)C(OC)C(=O)Nc1cc(Cl)cc(Cl)c1. The van der Waals surface area contributed by atoms with E-state index < -0.39 is 18.0 Å². The number of hydrogen-bond donors (Lipinski definition) is 1.